The second-order valence-corrected chi connectivity index (χ2v) is 3.35. The minimum Gasteiger partial charge on any atom is -0.464 e. The van der Waals surface area contributed by atoms with Crippen LogP contribution >= 0.6 is 0 Å². The standard InChI is InChI=1S/C11H11FN2O4/c1-2-18-11(17)10(16)9(15)6-3-7(12)8(4-13)14-5-6/h3,5,9-10,15-16H,2H2,1H3. The van der Waals surface area contributed by atoms with Crippen molar-refractivity contribution in [2.24, 2.45) is 0 Å². The first-order valence-corrected chi connectivity index (χ1v) is 5.09. The molecule has 0 aliphatic heterocycles. The van der Waals surface area contributed by atoms with Crippen LogP contribution in [0.15, 0.2) is 12.3 Å². The molecule has 0 fully saturated rings. The Bertz CT molecular complexity index is 486. The zero-order chi connectivity index (χ0) is 13.7. The number of aromatic nitrogens is 1. The largest absolute Gasteiger partial charge is 0.464 e. The number of aliphatic hydroxyl groups is 2. The fraction of sp³-hybridized carbons (Fsp3) is 0.364. The summed E-state index contributed by atoms with van der Waals surface area (Å²) in [6, 6.07) is 2.34. The second kappa shape index (κ2) is 6.05. The van der Waals surface area contributed by atoms with Crippen LogP contribution in [0, 0.1) is 17.1 Å². The molecule has 0 aliphatic rings. The van der Waals surface area contributed by atoms with Crippen molar-refractivity contribution in [1.82, 2.24) is 4.98 Å². The van der Waals surface area contributed by atoms with Crippen LogP contribution in [0.2, 0.25) is 0 Å². The smallest absolute Gasteiger partial charge is 0.338 e. The van der Waals surface area contributed by atoms with Gasteiger partial charge in [0.15, 0.2) is 17.6 Å². The van der Waals surface area contributed by atoms with Gasteiger partial charge in [-0.25, -0.2) is 14.2 Å². The third kappa shape index (κ3) is 3.00. The second-order valence-electron chi connectivity index (χ2n) is 3.35. The maximum atomic E-state index is 13.2. The molecule has 0 aromatic carbocycles. The summed E-state index contributed by atoms with van der Waals surface area (Å²) < 4.78 is 17.7. The van der Waals surface area contributed by atoms with Crippen molar-refractivity contribution in [2.45, 2.75) is 19.1 Å². The van der Waals surface area contributed by atoms with Crippen LogP contribution in [-0.4, -0.2) is 33.9 Å². The Hall–Kier alpha value is -2.04. The summed E-state index contributed by atoms with van der Waals surface area (Å²) in [4.78, 5) is 14.6. The molecule has 0 radical (unpaired) electrons. The average molecular weight is 254 g/mol. The van der Waals surface area contributed by atoms with Gasteiger partial charge in [0, 0.05) is 11.8 Å². The van der Waals surface area contributed by atoms with E-state index in [0.717, 1.165) is 12.3 Å². The number of nitrogens with zero attached hydrogens (tertiary/aromatic N) is 2. The highest BCUT2D eigenvalue weighted by molar-refractivity contribution is 5.75. The Morgan fingerprint density at radius 1 is 1.67 bits per heavy atom. The molecular formula is C11H11FN2O4. The lowest BCUT2D eigenvalue weighted by Gasteiger charge is -2.16. The number of nitriles is 1. The topological polar surface area (TPSA) is 103 Å². The Kier molecular flexibility index (Phi) is 4.71. The van der Waals surface area contributed by atoms with Crippen molar-refractivity contribution in [1.29, 1.82) is 5.26 Å². The molecule has 18 heavy (non-hydrogen) atoms. The maximum absolute atomic E-state index is 13.2. The van der Waals surface area contributed by atoms with E-state index < -0.39 is 29.7 Å². The molecule has 7 heteroatoms. The van der Waals surface area contributed by atoms with Crippen LogP contribution in [0.1, 0.15) is 24.3 Å². The van der Waals surface area contributed by atoms with Crippen LogP contribution in [0.25, 0.3) is 0 Å². The molecule has 0 saturated heterocycles. The normalized spacial score (nSPS) is 13.5. The van der Waals surface area contributed by atoms with Gasteiger partial charge in [0.05, 0.1) is 6.61 Å². The number of aliphatic hydroxyl groups excluding tert-OH is 2. The highest BCUT2D eigenvalue weighted by Crippen LogP contribution is 2.19. The summed E-state index contributed by atoms with van der Waals surface area (Å²) in [6.07, 6.45) is -2.49. The average Bonchev–Trinajstić information content (AvgIpc) is 2.37. The summed E-state index contributed by atoms with van der Waals surface area (Å²) in [5.74, 6) is -1.96. The highest BCUT2D eigenvalue weighted by Gasteiger charge is 2.27. The molecular weight excluding hydrogens is 243 g/mol. The summed E-state index contributed by atoms with van der Waals surface area (Å²) in [5.41, 5.74) is -0.552. The van der Waals surface area contributed by atoms with E-state index in [2.05, 4.69) is 9.72 Å². The van der Waals surface area contributed by atoms with Crippen LogP contribution in [0.3, 0.4) is 0 Å². The molecule has 0 bridgehead atoms. The van der Waals surface area contributed by atoms with E-state index in [0.29, 0.717) is 0 Å². The Balaban J connectivity index is 2.91. The number of hydrogen-bond acceptors (Lipinski definition) is 6. The monoisotopic (exact) mass is 254 g/mol. The van der Waals surface area contributed by atoms with Crippen LogP contribution in [-0.2, 0) is 9.53 Å². The molecule has 0 spiro atoms. The first-order chi connectivity index (χ1) is 8.51. The fourth-order valence-corrected chi connectivity index (χ4v) is 1.24. The molecule has 1 heterocycles. The van der Waals surface area contributed by atoms with Crippen molar-refractivity contribution in [3.63, 3.8) is 0 Å². The van der Waals surface area contributed by atoms with Crippen molar-refractivity contribution >= 4 is 5.97 Å². The van der Waals surface area contributed by atoms with Crippen molar-refractivity contribution in [3.05, 3.63) is 29.3 Å². The van der Waals surface area contributed by atoms with E-state index in [9.17, 15) is 19.4 Å². The number of rotatable bonds is 4. The van der Waals surface area contributed by atoms with Gasteiger partial charge >= 0.3 is 5.97 Å². The minimum atomic E-state index is -1.83. The molecule has 96 valence electrons. The van der Waals surface area contributed by atoms with Gasteiger partial charge in [-0.1, -0.05) is 0 Å². The number of hydrogen-bond donors (Lipinski definition) is 2. The minimum absolute atomic E-state index is 0.0442. The van der Waals surface area contributed by atoms with E-state index in [1.807, 2.05) is 0 Å². The highest BCUT2D eigenvalue weighted by atomic mass is 19.1. The molecule has 0 amide bonds. The number of esters is 1. The zero-order valence-electron chi connectivity index (χ0n) is 9.50. The lowest BCUT2D eigenvalue weighted by Crippen LogP contribution is -2.30. The number of ether oxygens (including phenoxy) is 1. The van der Waals surface area contributed by atoms with Gasteiger partial charge in [0.1, 0.15) is 12.2 Å². The van der Waals surface area contributed by atoms with Gasteiger partial charge in [-0.05, 0) is 13.0 Å². The fourth-order valence-electron chi connectivity index (χ4n) is 1.24. The SMILES string of the molecule is CCOC(=O)C(O)C(O)c1cnc(C#N)c(F)c1. The van der Waals surface area contributed by atoms with E-state index in [1.54, 1.807) is 6.92 Å². The number of pyridine rings is 1. The first kappa shape index (κ1) is 14.0. The predicted molar refractivity (Wildman–Crippen MR) is 56.5 cm³/mol. The lowest BCUT2D eigenvalue weighted by atomic mass is 10.1. The first-order valence-electron chi connectivity index (χ1n) is 5.09. The van der Waals surface area contributed by atoms with Gasteiger partial charge < -0.3 is 14.9 Å². The Morgan fingerprint density at radius 2 is 2.33 bits per heavy atom. The third-order valence-electron chi connectivity index (χ3n) is 2.14. The molecule has 0 saturated carbocycles. The van der Waals surface area contributed by atoms with Gasteiger partial charge in [0.25, 0.3) is 0 Å². The van der Waals surface area contributed by atoms with E-state index in [1.165, 1.54) is 6.07 Å². The molecule has 2 atom stereocenters. The van der Waals surface area contributed by atoms with Crippen LogP contribution in [0.4, 0.5) is 4.39 Å². The van der Waals surface area contributed by atoms with Gasteiger partial charge in [-0.3, -0.25) is 0 Å². The molecule has 1 aromatic heterocycles. The van der Waals surface area contributed by atoms with Crippen molar-refractivity contribution in [3.8, 4) is 6.07 Å². The molecule has 0 aliphatic carbocycles. The van der Waals surface area contributed by atoms with E-state index in [-0.39, 0.29) is 12.2 Å². The van der Waals surface area contributed by atoms with Gasteiger partial charge in [0.2, 0.25) is 0 Å². The quantitative estimate of drug-likeness (QED) is 0.736. The Labute approximate surface area is 102 Å². The van der Waals surface area contributed by atoms with E-state index >= 15 is 0 Å². The van der Waals surface area contributed by atoms with Gasteiger partial charge in [-0.15, -0.1) is 0 Å². The third-order valence-corrected chi connectivity index (χ3v) is 2.14. The maximum Gasteiger partial charge on any atom is 0.338 e. The van der Waals surface area contributed by atoms with Crippen LogP contribution in [0.5, 0.6) is 0 Å². The van der Waals surface area contributed by atoms with E-state index in [4.69, 9.17) is 5.26 Å². The summed E-state index contributed by atoms with van der Waals surface area (Å²) in [7, 11) is 0. The number of halogens is 1. The summed E-state index contributed by atoms with van der Waals surface area (Å²) in [5, 5.41) is 27.6. The van der Waals surface area contributed by atoms with Crippen LogP contribution < -0.4 is 0 Å². The van der Waals surface area contributed by atoms with Crippen molar-refractivity contribution in [2.75, 3.05) is 6.61 Å². The van der Waals surface area contributed by atoms with Crippen molar-refractivity contribution < 1.29 is 24.1 Å². The summed E-state index contributed by atoms with van der Waals surface area (Å²) in [6.45, 7) is 1.59. The summed E-state index contributed by atoms with van der Waals surface area (Å²) >= 11 is 0. The lowest BCUT2D eigenvalue weighted by molar-refractivity contribution is -0.159. The molecule has 1 rings (SSSR count). The number of carbonyl (C=O) groups is 1. The molecule has 6 nitrogen and oxygen atoms in total. The Morgan fingerprint density at radius 3 is 2.83 bits per heavy atom. The predicted octanol–water partition coefficient (Wildman–Crippen LogP) is 0.0498. The zero-order valence-corrected chi connectivity index (χ0v) is 9.50. The van der Waals surface area contributed by atoms with Gasteiger partial charge in [-0.2, -0.15) is 5.26 Å². The number of carbonyl (C=O) groups excluding carboxylic acids is 1. The molecule has 2 unspecified atom stereocenters. The molecule has 1 aromatic rings. The molecule has 2 N–H and O–H groups in total.